The van der Waals surface area contributed by atoms with Crippen molar-refractivity contribution in [3.8, 4) is 0 Å². The van der Waals surface area contributed by atoms with Gasteiger partial charge < -0.3 is 15.2 Å². The van der Waals surface area contributed by atoms with Gasteiger partial charge in [0, 0.05) is 15.2 Å². The van der Waals surface area contributed by atoms with Gasteiger partial charge in [0.2, 0.25) is 0 Å². The second kappa shape index (κ2) is 8.82. The average molecular weight is 413 g/mol. The zero-order valence-corrected chi connectivity index (χ0v) is 14.9. The van der Waals surface area contributed by atoms with Gasteiger partial charge in [0.25, 0.3) is 0 Å². The monoisotopic (exact) mass is 411 g/mol. The molecule has 0 atom stereocenters. The molecule has 0 aromatic heterocycles. The maximum absolute atomic E-state index is 11.8. The van der Waals surface area contributed by atoms with Crippen molar-refractivity contribution in [2.24, 2.45) is 0 Å². The first-order valence-electron chi connectivity index (χ1n) is 7.06. The highest BCUT2D eigenvalue weighted by Crippen LogP contribution is 2.22. The molecule has 0 bridgehead atoms. The first-order chi connectivity index (χ1) is 11.5. The Balaban J connectivity index is 1.77. The molecule has 7 heteroatoms. The molecule has 2 rings (SSSR count). The van der Waals surface area contributed by atoms with E-state index in [1.807, 2.05) is 6.07 Å². The Hall–Kier alpha value is -1.89. The molecule has 126 valence electrons. The number of hydrogen-bond donors (Lipinski definition) is 2. The topological polar surface area (TPSA) is 75.6 Å². The number of anilines is 1. The summed E-state index contributed by atoms with van der Waals surface area (Å²) < 4.78 is 6.22. The number of carboxylic acid groups (broad SMARTS) is 1. The van der Waals surface area contributed by atoms with Crippen molar-refractivity contribution >= 4 is 45.0 Å². The minimum absolute atomic E-state index is 0.0410. The van der Waals surface area contributed by atoms with Crippen LogP contribution >= 0.6 is 27.5 Å². The number of ether oxygens (including phenoxy) is 1. The molecule has 0 heterocycles. The molecule has 24 heavy (non-hydrogen) atoms. The third-order valence-corrected chi connectivity index (χ3v) is 4.11. The maximum atomic E-state index is 11.8. The number of Topliss-reactive ketones (excluding diaryl/α,β-unsaturated/α-hetero) is 1. The number of rotatable bonds is 8. The summed E-state index contributed by atoms with van der Waals surface area (Å²) >= 11 is 9.25. The lowest BCUT2D eigenvalue weighted by Gasteiger charge is -2.08. The first-order valence-corrected chi connectivity index (χ1v) is 8.23. The number of halogens is 2. The molecule has 0 unspecified atom stereocenters. The van der Waals surface area contributed by atoms with Gasteiger partial charge in [-0.15, -0.1) is 0 Å². The molecule has 5 nitrogen and oxygen atoms in total. The Morgan fingerprint density at radius 1 is 1.21 bits per heavy atom. The highest BCUT2D eigenvalue weighted by Gasteiger charge is 2.07. The number of hydrogen-bond acceptors (Lipinski definition) is 4. The van der Waals surface area contributed by atoms with Crippen molar-refractivity contribution in [1.82, 2.24) is 0 Å². The molecule has 2 aromatic rings. The van der Waals surface area contributed by atoms with E-state index in [0.717, 1.165) is 10.0 Å². The van der Waals surface area contributed by atoms with Crippen LogP contribution in [-0.4, -0.2) is 30.0 Å². The van der Waals surface area contributed by atoms with E-state index in [9.17, 15) is 9.59 Å². The van der Waals surface area contributed by atoms with Crippen LogP contribution in [-0.2, 0) is 16.1 Å². The Labute approximate surface area is 152 Å². The SMILES string of the molecule is O=C(CNc1cccc(C(=O)O)c1)COCc1ccc(Cl)cc1Br. The predicted molar refractivity (Wildman–Crippen MR) is 95.7 cm³/mol. The van der Waals surface area contributed by atoms with Gasteiger partial charge >= 0.3 is 5.97 Å². The zero-order chi connectivity index (χ0) is 17.5. The maximum Gasteiger partial charge on any atom is 0.335 e. The predicted octanol–water partition coefficient (Wildman–Crippen LogP) is 4.00. The first kappa shape index (κ1) is 18.4. The Morgan fingerprint density at radius 3 is 2.71 bits per heavy atom. The van der Waals surface area contributed by atoms with Gasteiger partial charge in [0.15, 0.2) is 5.78 Å². The van der Waals surface area contributed by atoms with Crippen LogP contribution in [0.3, 0.4) is 0 Å². The van der Waals surface area contributed by atoms with Gasteiger partial charge in [-0.25, -0.2) is 4.79 Å². The molecule has 2 N–H and O–H groups in total. The summed E-state index contributed by atoms with van der Waals surface area (Å²) in [5, 5.41) is 12.4. The van der Waals surface area contributed by atoms with Crippen molar-refractivity contribution in [2.75, 3.05) is 18.5 Å². The van der Waals surface area contributed by atoms with Crippen molar-refractivity contribution in [3.63, 3.8) is 0 Å². The Bertz CT molecular complexity index is 751. The largest absolute Gasteiger partial charge is 0.478 e. The van der Waals surface area contributed by atoms with Gasteiger partial charge in [0.1, 0.15) is 6.61 Å². The van der Waals surface area contributed by atoms with E-state index in [1.54, 1.807) is 24.3 Å². The lowest BCUT2D eigenvalue weighted by molar-refractivity contribution is -0.122. The van der Waals surface area contributed by atoms with E-state index in [-0.39, 0.29) is 31.1 Å². The Kier molecular flexibility index (Phi) is 6.78. The second-order valence-corrected chi connectivity index (χ2v) is 6.30. The summed E-state index contributed by atoms with van der Waals surface area (Å²) in [5.74, 6) is -1.15. The molecule has 0 fully saturated rings. The number of nitrogens with one attached hydrogen (secondary N) is 1. The Morgan fingerprint density at radius 2 is 2.00 bits per heavy atom. The number of carbonyl (C=O) groups excluding carboxylic acids is 1. The van der Waals surface area contributed by atoms with Gasteiger partial charge in [-0.3, -0.25) is 4.79 Å². The van der Waals surface area contributed by atoms with Gasteiger partial charge in [0.05, 0.1) is 18.7 Å². The van der Waals surface area contributed by atoms with Crippen LogP contribution in [0.4, 0.5) is 5.69 Å². The van der Waals surface area contributed by atoms with Crippen LogP contribution < -0.4 is 5.32 Å². The van der Waals surface area contributed by atoms with Crippen molar-refractivity contribution in [3.05, 3.63) is 63.1 Å². The zero-order valence-electron chi connectivity index (χ0n) is 12.6. The molecule has 0 aliphatic rings. The molecular weight excluding hydrogens is 398 g/mol. The normalized spacial score (nSPS) is 10.4. The van der Waals surface area contributed by atoms with Crippen molar-refractivity contribution in [2.45, 2.75) is 6.61 Å². The third kappa shape index (κ3) is 5.63. The minimum atomic E-state index is -1.01. The van der Waals surface area contributed by atoms with E-state index in [2.05, 4.69) is 21.2 Å². The van der Waals surface area contributed by atoms with E-state index < -0.39 is 5.97 Å². The molecule has 0 aliphatic heterocycles. The van der Waals surface area contributed by atoms with Crippen molar-refractivity contribution in [1.29, 1.82) is 0 Å². The molecule has 0 aliphatic carbocycles. The fraction of sp³-hybridized carbons (Fsp3) is 0.176. The average Bonchev–Trinajstić information content (AvgIpc) is 2.55. The minimum Gasteiger partial charge on any atom is -0.478 e. The van der Waals surface area contributed by atoms with Gasteiger partial charge in [-0.05, 0) is 35.9 Å². The quantitative estimate of drug-likeness (QED) is 0.685. The van der Waals surface area contributed by atoms with Crippen LogP contribution in [0.25, 0.3) is 0 Å². The number of aromatic carboxylic acids is 1. The number of benzene rings is 2. The van der Waals surface area contributed by atoms with E-state index in [1.165, 1.54) is 12.1 Å². The molecule has 2 aromatic carbocycles. The molecule has 0 radical (unpaired) electrons. The molecular formula is C17H15BrClNO4. The number of ketones is 1. The van der Waals surface area contributed by atoms with Crippen LogP contribution in [0.2, 0.25) is 5.02 Å². The smallest absolute Gasteiger partial charge is 0.335 e. The van der Waals surface area contributed by atoms with Gasteiger partial charge in [-0.2, -0.15) is 0 Å². The second-order valence-electron chi connectivity index (χ2n) is 5.01. The molecule has 0 saturated heterocycles. The molecule has 0 saturated carbocycles. The van der Waals surface area contributed by atoms with E-state index in [4.69, 9.17) is 21.4 Å². The number of carboxylic acids is 1. The van der Waals surface area contributed by atoms with E-state index >= 15 is 0 Å². The summed E-state index contributed by atoms with van der Waals surface area (Å²) in [5.41, 5.74) is 1.63. The summed E-state index contributed by atoms with van der Waals surface area (Å²) in [7, 11) is 0. The van der Waals surface area contributed by atoms with E-state index in [0.29, 0.717) is 10.7 Å². The summed E-state index contributed by atoms with van der Waals surface area (Å²) in [6, 6.07) is 11.6. The third-order valence-electron chi connectivity index (χ3n) is 3.13. The fourth-order valence-corrected chi connectivity index (χ4v) is 2.72. The lowest BCUT2D eigenvalue weighted by Crippen LogP contribution is -2.19. The summed E-state index contributed by atoms with van der Waals surface area (Å²) in [6.45, 7) is 0.309. The van der Waals surface area contributed by atoms with Gasteiger partial charge in [-0.1, -0.05) is 39.7 Å². The fourth-order valence-electron chi connectivity index (χ4n) is 1.93. The van der Waals surface area contributed by atoms with Crippen LogP contribution in [0.1, 0.15) is 15.9 Å². The van der Waals surface area contributed by atoms with Crippen LogP contribution in [0.5, 0.6) is 0 Å². The van der Waals surface area contributed by atoms with Crippen LogP contribution in [0.15, 0.2) is 46.9 Å². The summed E-state index contributed by atoms with van der Waals surface area (Å²) in [4.78, 5) is 22.7. The van der Waals surface area contributed by atoms with Crippen LogP contribution in [0, 0.1) is 0 Å². The number of carbonyl (C=O) groups is 2. The highest BCUT2D eigenvalue weighted by molar-refractivity contribution is 9.10. The molecule has 0 spiro atoms. The lowest BCUT2D eigenvalue weighted by atomic mass is 10.2. The van der Waals surface area contributed by atoms with Crippen molar-refractivity contribution < 1.29 is 19.4 Å². The highest BCUT2D eigenvalue weighted by atomic mass is 79.9. The summed E-state index contributed by atoms with van der Waals surface area (Å²) in [6.07, 6.45) is 0. The molecule has 0 amide bonds. The standard InChI is InChI=1S/C17H15BrClNO4/c18-16-7-13(19)5-4-12(16)9-24-10-15(21)8-20-14-3-1-2-11(6-14)17(22)23/h1-7,20H,8-10H2,(H,22,23).